The van der Waals surface area contributed by atoms with Crippen molar-refractivity contribution >= 4 is 32.5 Å². The van der Waals surface area contributed by atoms with Gasteiger partial charge in [-0.1, -0.05) is 6.07 Å². The van der Waals surface area contributed by atoms with Crippen LogP contribution in [0, 0.1) is 5.82 Å². The highest BCUT2D eigenvalue weighted by Gasteiger charge is 2.27. The van der Waals surface area contributed by atoms with Crippen LogP contribution in [0.3, 0.4) is 0 Å². The molecule has 2 heterocycles. The molecule has 0 N–H and O–H groups in total. The van der Waals surface area contributed by atoms with Gasteiger partial charge in [0.15, 0.2) is 5.82 Å². The Kier molecular flexibility index (Phi) is 3.92. The Morgan fingerprint density at radius 2 is 2.05 bits per heavy atom. The number of hydrogen-bond donors (Lipinski definition) is 0. The molecular formula is C14H16ClFN2O2S. The lowest BCUT2D eigenvalue weighted by atomic mass is 10.1. The van der Waals surface area contributed by atoms with Gasteiger partial charge in [0.2, 0.25) is 0 Å². The molecule has 1 aromatic carbocycles. The molecule has 1 saturated heterocycles. The summed E-state index contributed by atoms with van der Waals surface area (Å²) in [6.45, 7) is 0. The largest absolute Gasteiger partial charge is 0.325 e. The minimum atomic E-state index is -2.93. The smallest absolute Gasteiger partial charge is 0.151 e. The molecule has 0 radical (unpaired) electrons. The Hall–Kier alpha value is -1.14. The average Bonchev–Trinajstić information content (AvgIpc) is 2.79. The maximum absolute atomic E-state index is 13.9. The molecule has 0 amide bonds. The first-order valence-corrected chi connectivity index (χ1v) is 9.29. The van der Waals surface area contributed by atoms with Crippen LogP contribution in [0.15, 0.2) is 18.2 Å². The van der Waals surface area contributed by atoms with E-state index in [1.807, 2.05) is 10.6 Å². The van der Waals surface area contributed by atoms with Gasteiger partial charge in [0.1, 0.15) is 21.2 Å². The van der Waals surface area contributed by atoms with Crippen molar-refractivity contribution < 1.29 is 12.8 Å². The molecular weight excluding hydrogens is 315 g/mol. The van der Waals surface area contributed by atoms with Crippen LogP contribution in [0.25, 0.3) is 11.0 Å². The number of alkyl halides is 1. The summed E-state index contributed by atoms with van der Waals surface area (Å²) in [6.07, 6.45) is 1.62. The molecule has 7 heteroatoms. The molecule has 1 aromatic heterocycles. The summed E-state index contributed by atoms with van der Waals surface area (Å²) < 4.78 is 39.1. The van der Waals surface area contributed by atoms with Gasteiger partial charge in [-0.3, -0.25) is 0 Å². The second-order valence-corrected chi connectivity index (χ2v) is 8.01. The van der Waals surface area contributed by atoms with E-state index >= 15 is 0 Å². The minimum Gasteiger partial charge on any atom is -0.325 e. The van der Waals surface area contributed by atoms with Crippen molar-refractivity contribution in [2.45, 2.75) is 25.3 Å². The van der Waals surface area contributed by atoms with Gasteiger partial charge in [-0.25, -0.2) is 17.8 Å². The van der Waals surface area contributed by atoms with E-state index in [0.717, 1.165) is 11.3 Å². The summed E-state index contributed by atoms with van der Waals surface area (Å²) in [5.41, 5.74) is 1.06. The van der Waals surface area contributed by atoms with E-state index in [1.54, 1.807) is 6.07 Å². The number of aryl methyl sites for hydroxylation is 1. The number of rotatable bonds is 3. The van der Waals surface area contributed by atoms with Crippen LogP contribution in [0.4, 0.5) is 4.39 Å². The molecule has 21 heavy (non-hydrogen) atoms. The van der Waals surface area contributed by atoms with E-state index in [0.29, 0.717) is 30.7 Å². The summed E-state index contributed by atoms with van der Waals surface area (Å²) in [4.78, 5) is 4.37. The lowest BCUT2D eigenvalue weighted by Crippen LogP contribution is -2.26. The molecule has 1 aliphatic heterocycles. The summed E-state index contributed by atoms with van der Waals surface area (Å²) in [5, 5.41) is 0. The quantitative estimate of drug-likeness (QED) is 0.813. The molecule has 0 bridgehead atoms. The third-order valence-electron chi connectivity index (χ3n) is 3.95. The lowest BCUT2D eigenvalue weighted by molar-refractivity contribution is 0.447. The zero-order valence-electron chi connectivity index (χ0n) is 11.4. The zero-order valence-corrected chi connectivity index (χ0v) is 13.0. The summed E-state index contributed by atoms with van der Waals surface area (Å²) in [7, 11) is -2.93. The van der Waals surface area contributed by atoms with Crippen LogP contribution < -0.4 is 0 Å². The van der Waals surface area contributed by atoms with Gasteiger partial charge >= 0.3 is 0 Å². The van der Waals surface area contributed by atoms with Crippen LogP contribution in [-0.2, 0) is 16.3 Å². The fourth-order valence-corrected chi connectivity index (χ4v) is 4.57. The van der Waals surface area contributed by atoms with Crippen LogP contribution in [-0.4, -0.2) is 35.4 Å². The second kappa shape index (κ2) is 5.57. The molecule has 2 aromatic rings. The topological polar surface area (TPSA) is 52.0 Å². The van der Waals surface area contributed by atoms with E-state index in [2.05, 4.69) is 4.98 Å². The number of sulfone groups is 1. The number of fused-ring (bicyclic) bond motifs is 1. The van der Waals surface area contributed by atoms with Gasteiger partial charge in [0, 0.05) is 18.3 Å². The van der Waals surface area contributed by atoms with E-state index in [-0.39, 0.29) is 23.4 Å². The van der Waals surface area contributed by atoms with Gasteiger partial charge in [-0.2, -0.15) is 0 Å². The van der Waals surface area contributed by atoms with Gasteiger partial charge in [0.05, 0.1) is 17.0 Å². The van der Waals surface area contributed by atoms with Gasteiger partial charge in [-0.05, 0) is 25.0 Å². The normalized spacial score (nSPS) is 19.1. The van der Waals surface area contributed by atoms with Crippen molar-refractivity contribution in [3.63, 3.8) is 0 Å². The standard InChI is InChI=1S/C14H16ClFN2O2S/c15-7-4-13-17-14-11(16)2-1-3-12(14)18(13)10-5-8-21(19,20)9-6-10/h1-3,10H,4-9H2. The van der Waals surface area contributed by atoms with Crippen molar-refractivity contribution in [1.82, 2.24) is 9.55 Å². The molecule has 3 rings (SSSR count). The molecule has 1 aliphatic rings. The summed E-state index contributed by atoms with van der Waals surface area (Å²) in [5.74, 6) is 1.12. The fourth-order valence-electron chi connectivity index (χ4n) is 2.94. The van der Waals surface area contributed by atoms with Crippen molar-refractivity contribution in [2.75, 3.05) is 17.4 Å². The first-order valence-electron chi connectivity index (χ1n) is 6.93. The van der Waals surface area contributed by atoms with E-state index in [4.69, 9.17) is 11.6 Å². The summed E-state index contributed by atoms with van der Waals surface area (Å²) in [6, 6.07) is 4.90. The van der Waals surface area contributed by atoms with Crippen molar-refractivity contribution in [2.24, 2.45) is 0 Å². The number of aromatic nitrogens is 2. The first-order chi connectivity index (χ1) is 10.0. The predicted octanol–water partition coefficient (Wildman–Crippen LogP) is 2.71. The third-order valence-corrected chi connectivity index (χ3v) is 5.86. The average molecular weight is 331 g/mol. The molecule has 1 fully saturated rings. The van der Waals surface area contributed by atoms with Gasteiger partial charge in [0.25, 0.3) is 0 Å². The molecule has 0 spiro atoms. The first kappa shape index (κ1) is 14.8. The third kappa shape index (κ3) is 2.79. The van der Waals surface area contributed by atoms with E-state index in [9.17, 15) is 12.8 Å². The predicted molar refractivity (Wildman–Crippen MR) is 81.0 cm³/mol. The highest BCUT2D eigenvalue weighted by Crippen LogP contribution is 2.30. The molecule has 0 unspecified atom stereocenters. The molecule has 0 atom stereocenters. The fraction of sp³-hybridized carbons (Fsp3) is 0.500. The number of halogens is 2. The Labute approximate surface area is 127 Å². The molecule has 114 valence electrons. The van der Waals surface area contributed by atoms with Crippen molar-refractivity contribution in [3.8, 4) is 0 Å². The minimum absolute atomic E-state index is 0.0403. The van der Waals surface area contributed by atoms with Gasteiger partial charge in [-0.15, -0.1) is 11.6 Å². The number of para-hydroxylation sites is 1. The van der Waals surface area contributed by atoms with E-state index < -0.39 is 9.84 Å². The monoisotopic (exact) mass is 330 g/mol. The lowest BCUT2D eigenvalue weighted by Gasteiger charge is -2.25. The SMILES string of the molecule is O=S1(=O)CCC(n2c(CCCl)nc3c(F)cccc32)CC1. The van der Waals surface area contributed by atoms with Crippen LogP contribution in [0.5, 0.6) is 0 Å². The molecule has 0 aliphatic carbocycles. The number of hydrogen-bond acceptors (Lipinski definition) is 3. The Morgan fingerprint density at radius 3 is 2.71 bits per heavy atom. The number of imidazole rings is 1. The van der Waals surface area contributed by atoms with Crippen LogP contribution >= 0.6 is 11.6 Å². The highest BCUT2D eigenvalue weighted by atomic mass is 35.5. The maximum Gasteiger partial charge on any atom is 0.151 e. The molecule has 0 saturated carbocycles. The number of benzene rings is 1. The maximum atomic E-state index is 13.9. The Balaban J connectivity index is 2.08. The van der Waals surface area contributed by atoms with Crippen molar-refractivity contribution in [1.29, 1.82) is 0 Å². The Bertz CT molecular complexity index is 759. The molecule has 4 nitrogen and oxygen atoms in total. The van der Waals surface area contributed by atoms with Crippen LogP contribution in [0.1, 0.15) is 24.7 Å². The Morgan fingerprint density at radius 1 is 1.33 bits per heavy atom. The highest BCUT2D eigenvalue weighted by molar-refractivity contribution is 7.91. The summed E-state index contributed by atoms with van der Waals surface area (Å²) >= 11 is 5.82. The van der Waals surface area contributed by atoms with Crippen LogP contribution in [0.2, 0.25) is 0 Å². The van der Waals surface area contributed by atoms with E-state index in [1.165, 1.54) is 6.07 Å². The van der Waals surface area contributed by atoms with Gasteiger partial charge < -0.3 is 4.57 Å². The van der Waals surface area contributed by atoms with Crippen molar-refractivity contribution in [3.05, 3.63) is 29.8 Å². The second-order valence-electron chi connectivity index (χ2n) is 5.33. The zero-order chi connectivity index (χ0) is 15.0. The number of nitrogens with zero attached hydrogens (tertiary/aromatic N) is 2.